The summed E-state index contributed by atoms with van der Waals surface area (Å²) >= 11 is 1.53. The first-order chi connectivity index (χ1) is 14.6. The third-order valence-corrected chi connectivity index (χ3v) is 8.08. The van der Waals surface area contributed by atoms with Crippen LogP contribution in [0.2, 0.25) is 0 Å². The van der Waals surface area contributed by atoms with Crippen molar-refractivity contribution < 1.29 is 14.3 Å². The first kappa shape index (κ1) is 19.7. The van der Waals surface area contributed by atoms with E-state index >= 15 is 0 Å². The van der Waals surface area contributed by atoms with Gasteiger partial charge < -0.3 is 14.5 Å². The molecule has 3 aliphatic rings. The first-order valence-corrected chi connectivity index (χ1v) is 11.6. The van der Waals surface area contributed by atoms with E-state index in [9.17, 15) is 9.59 Å². The summed E-state index contributed by atoms with van der Waals surface area (Å²) in [6, 6.07) is 2.27. The van der Waals surface area contributed by atoms with E-state index in [0.717, 1.165) is 49.2 Å². The number of hydrogen-bond donors (Lipinski definition) is 0. The van der Waals surface area contributed by atoms with Gasteiger partial charge in [-0.2, -0.15) is 0 Å². The molecule has 2 aliphatic heterocycles. The molecule has 0 aromatic carbocycles. The fourth-order valence-electron chi connectivity index (χ4n) is 5.02. The summed E-state index contributed by atoms with van der Waals surface area (Å²) in [5, 5.41) is 10.5. The van der Waals surface area contributed by atoms with Crippen LogP contribution >= 0.6 is 11.3 Å². The number of rotatable bonds is 3. The lowest BCUT2D eigenvalue weighted by molar-refractivity contribution is -0.0267. The Balaban J connectivity index is 1.24. The Morgan fingerprint density at radius 3 is 2.47 bits per heavy atom. The number of aryl methyl sites for hydroxylation is 1. The van der Waals surface area contributed by atoms with E-state index in [2.05, 4.69) is 10.3 Å². The molecular weight excluding hydrogens is 402 g/mol. The Kier molecular flexibility index (Phi) is 5.10. The highest BCUT2D eigenvalue weighted by molar-refractivity contribution is 7.12. The Hall–Kier alpha value is -2.26. The lowest BCUT2D eigenvalue weighted by Gasteiger charge is -2.53. The van der Waals surface area contributed by atoms with Crippen molar-refractivity contribution in [2.45, 2.75) is 38.6 Å². The highest BCUT2D eigenvalue weighted by atomic mass is 32.1. The molecule has 0 radical (unpaired) electrons. The number of carbonyl (C=O) groups excluding carboxylic acids is 2. The number of ether oxygens (including phenoxy) is 1. The van der Waals surface area contributed by atoms with Gasteiger partial charge in [-0.3, -0.25) is 9.59 Å². The van der Waals surface area contributed by atoms with Crippen molar-refractivity contribution in [2.75, 3.05) is 39.4 Å². The minimum Gasteiger partial charge on any atom is -0.378 e. The van der Waals surface area contributed by atoms with Crippen LogP contribution in [0.4, 0.5) is 0 Å². The number of carbonyl (C=O) groups is 2. The van der Waals surface area contributed by atoms with Gasteiger partial charge in [-0.25, -0.2) is 4.68 Å². The molecule has 160 valence electrons. The van der Waals surface area contributed by atoms with Crippen LogP contribution in [0.3, 0.4) is 0 Å². The van der Waals surface area contributed by atoms with E-state index in [4.69, 9.17) is 4.74 Å². The lowest BCUT2D eigenvalue weighted by atomic mass is 9.59. The topological polar surface area (TPSA) is 80.6 Å². The van der Waals surface area contributed by atoms with Crippen molar-refractivity contribution in [1.29, 1.82) is 0 Å². The number of piperidine rings is 1. The zero-order valence-electron chi connectivity index (χ0n) is 17.2. The second-order valence-electron chi connectivity index (χ2n) is 8.63. The predicted molar refractivity (Wildman–Crippen MR) is 112 cm³/mol. The number of thiophene rings is 1. The summed E-state index contributed by atoms with van der Waals surface area (Å²) in [5.41, 5.74) is 1.64. The van der Waals surface area contributed by atoms with Crippen molar-refractivity contribution in [2.24, 2.45) is 5.41 Å². The third-order valence-electron chi connectivity index (χ3n) is 7.07. The van der Waals surface area contributed by atoms with Crippen LogP contribution in [-0.4, -0.2) is 76.0 Å². The summed E-state index contributed by atoms with van der Waals surface area (Å²) in [7, 11) is 0. The monoisotopic (exact) mass is 429 g/mol. The van der Waals surface area contributed by atoms with Crippen molar-refractivity contribution in [3.8, 4) is 0 Å². The van der Waals surface area contributed by atoms with Gasteiger partial charge in [-0.15, -0.1) is 16.4 Å². The molecule has 5 rings (SSSR count). The Labute approximate surface area is 179 Å². The van der Waals surface area contributed by atoms with Gasteiger partial charge in [0, 0.05) is 26.2 Å². The van der Waals surface area contributed by atoms with Crippen molar-refractivity contribution in [3.63, 3.8) is 0 Å². The summed E-state index contributed by atoms with van der Waals surface area (Å²) in [6.07, 6.45) is 5.95. The molecule has 1 atom stereocenters. The molecule has 1 unspecified atom stereocenters. The first-order valence-electron chi connectivity index (χ1n) is 10.7. The van der Waals surface area contributed by atoms with E-state index < -0.39 is 0 Å². The Bertz CT molecular complexity index is 940. The minimum atomic E-state index is -0.0651. The van der Waals surface area contributed by atoms with Crippen molar-refractivity contribution in [1.82, 2.24) is 24.8 Å². The molecule has 3 fully saturated rings. The standard InChI is InChI=1S/C21H27N5O3S/c1-15-3-13-30-18(15)20(28)24-7-5-21(6-8-24)4-2-17(21)26-14-16(22-23-26)19(27)25-9-11-29-12-10-25/h3,13-14,17H,2,4-12H2,1H3. The lowest BCUT2D eigenvalue weighted by Crippen LogP contribution is -2.51. The number of nitrogens with zero attached hydrogens (tertiary/aromatic N) is 5. The maximum Gasteiger partial charge on any atom is 0.276 e. The van der Waals surface area contributed by atoms with Crippen LogP contribution in [0.5, 0.6) is 0 Å². The number of aromatic nitrogens is 3. The smallest absolute Gasteiger partial charge is 0.276 e. The molecular formula is C21H27N5O3S. The van der Waals surface area contributed by atoms with Crippen LogP contribution in [0.25, 0.3) is 0 Å². The second kappa shape index (κ2) is 7.77. The second-order valence-corrected chi connectivity index (χ2v) is 9.55. The van der Waals surface area contributed by atoms with Gasteiger partial charge in [0.25, 0.3) is 11.8 Å². The summed E-state index contributed by atoms with van der Waals surface area (Å²) in [5.74, 6) is 0.0945. The van der Waals surface area contributed by atoms with Crippen molar-refractivity contribution in [3.05, 3.63) is 33.8 Å². The molecule has 8 nitrogen and oxygen atoms in total. The largest absolute Gasteiger partial charge is 0.378 e. The Morgan fingerprint density at radius 2 is 1.83 bits per heavy atom. The molecule has 2 aromatic heterocycles. The summed E-state index contributed by atoms with van der Waals surface area (Å²) in [4.78, 5) is 30.2. The highest BCUT2D eigenvalue weighted by Crippen LogP contribution is 2.56. The third kappa shape index (κ3) is 3.33. The van der Waals surface area contributed by atoms with Crippen molar-refractivity contribution >= 4 is 23.2 Å². The fourth-order valence-corrected chi connectivity index (χ4v) is 5.92. The zero-order chi connectivity index (χ0) is 20.7. The summed E-state index contributed by atoms with van der Waals surface area (Å²) in [6.45, 7) is 5.91. The van der Waals surface area contributed by atoms with E-state index in [0.29, 0.717) is 32.0 Å². The molecule has 30 heavy (non-hydrogen) atoms. The van der Waals surface area contributed by atoms with Crippen LogP contribution in [0.15, 0.2) is 17.6 Å². The maximum atomic E-state index is 12.8. The molecule has 4 heterocycles. The van der Waals surface area contributed by atoms with Crippen LogP contribution in [0, 0.1) is 12.3 Å². The van der Waals surface area contributed by atoms with Gasteiger partial charge in [0.1, 0.15) is 0 Å². The van der Waals surface area contributed by atoms with Gasteiger partial charge in [-0.1, -0.05) is 5.21 Å². The quantitative estimate of drug-likeness (QED) is 0.748. The van der Waals surface area contributed by atoms with Gasteiger partial charge in [0.15, 0.2) is 5.69 Å². The molecule has 2 saturated heterocycles. The molecule has 9 heteroatoms. The number of amides is 2. The zero-order valence-corrected chi connectivity index (χ0v) is 18.1. The van der Waals surface area contributed by atoms with Crippen LogP contribution in [-0.2, 0) is 4.74 Å². The number of morpholine rings is 1. The average Bonchev–Trinajstić information content (AvgIpc) is 3.42. The van der Waals surface area contributed by atoms with E-state index in [1.54, 1.807) is 4.90 Å². The normalized spacial score (nSPS) is 23.4. The minimum absolute atomic E-state index is 0.0651. The van der Waals surface area contributed by atoms with E-state index in [1.807, 2.05) is 34.1 Å². The fraction of sp³-hybridized carbons (Fsp3) is 0.619. The Morgan fingerprint density at radius 1 is 1.10 bits per heavy atom. The average molecular weight is 430 g/mol. The SMILES string of the molecule is Cc1ccsc1C(=O)N1CCC2(CCC2n2cc(C(=O)N3CCOCC3)nn2)CC1. The van der Waals surface area contributed by atoms with Gasteiger partial charge in [0.05, 0.1) is 30.3 Å². The molecule has 2 aromatic rings. The van der Waals surface area contributed by atoms with Crippen LogP contribution in [0.1, 0.15) is 57.4 Å². The maximum absolute atomic E-state index is 12.8. The van der Waals surface area contributed by atoms with Crippen LogP contribution < -0.4 is 0 Å². The molecule has 1 spiro atoms. The molecule has 1 saturated carbocycles. The molecule has 1 aliphatic carbocycles. The van der Waals surface area contributed by atoms with E-state index in [-0.39, 0.29) is 23.3 Å². The molecule has 0 bridgehead atoms. The number of hydrogen-bond acceptors (Lipinski definition) is 6. The van der Waals surface area contributed by atoms with Gasteiger partial charge in [-0.05, 0) is 55.0 Å². The summed E-state index contributed by atoms with van der Waals surface area (Å²) < 4.78 is 7.22. The number of likely N-dealkylation sites (tertiary alicyclic amines) is 1. The highest BCUT2D eigenvalue weighted by Gasteiger charge is 2.50. The van der Waals surface area contributed by atoms with Gasteiger partial charge in [0.2, 0.25) is 0 Å². The van der Waals surface area contributed by atoms with Gasteiger partial charge >= 0.3 is 0 Å². The van der Waals surface area contributed by atoms with E-state index in [1.165, 1.54) is 11.3 Å². The molecule has 2 amide bonds. The predicted octanol–water partition coefficient (Wildman–Crippen LogP) is 2.38. The molecule has 0 N–H and O–H groups in total.